The largest absolute Gasteiger partial charge is 0.475 e. The summed E-state index contributed by atoms with van der Waals surface area (Å²) in [5.74, 6) is -1.21. The predicted molar refractivity (Wildman–Crippen MR) is 68.1 cm³/mol. The van der Waals surface area contributed by atoms with Gasteiger partial charge >= 0.3 is 5.97 Å². The lowest BCUT2D eigenvalue weighted by atomic mass is 10.2. The summed E-state index contributed by atoms with van der Waals surface area (Å²) in [7, 11) is 3.35. The minimum atomic E-state index is -1.11. The number of benzene rings is 1. The highest BCUT2D eigenvalue weighted by Crippen LogP contribution is 2.27. The van der Waals surface area contributed by atoms with Gasteiger partial charge in [-0.05, 0) is 36.0 Å². The smallest absolute Gasteiger partial charge is 0.371 e. The van der Waals surface area contributed by atoms with Crippen LogP contribution < -0.4 is 0 Å². The van der Waals surface area contributed by atoms with E-state index < -0.39 is 5.97 Å². The first-order chi connectivity index (χ1) is 8.47. The second-order valence-corrected chi connectivity index (χ2v) is 4.90. The quantitative estimate of drug-likeness (QED) is 0.845. The minimum Gasteiger partial charge on any atom is -0.475 e. The lowest BCUT2D eigenvalue weighted by Crippen LogP contribution is -2.15. The highest BCUT2D eigenvalue weighted by atomic mass is 32.2. The number of carbonyl (C=O) groups excluding carboxylic acids is 1. The average molecular weight is 265 g/mol. The molecule has 1 aromatic carbocycles. The number of thioether (sulfide) groups is 1. The molecule has 18 heavy (non-hydrogen) atoms. The highest BCUT2D eigenvalue weighted by Gasteiger charge is 2.12. The van der Waals surface area contributed by atoms with Gasteiger partial charge in [-0.2, -0.15) is 0 Å². The van der Waals surface area contributed by atoms with Crippen molar-refractivity contribution in [3.8, 4) is 0 Å². The summed E-state index contributed by atoms with van der Waals surface area (Å²) in [6.45, 7) is 0. The van der Waals surface area contributed by atoms with Crippen LogP contribution in [0, 0.1) is 0 Å². The van der Waals surface area contributed by atoms with Crippen molar-refractivity contribution in [3.05, 3.63) is 30.0 Å². The van der Waals surface area contributed by atoms with E-state index in [1.54, 1.807) is 32.3 Å². The standard InChI is InChI=1S/C12H11NO4S/c1-13(2)12(16)18-8-3-4-9-7(5-8)6-10(17-9)11(14)15/h3-6H,1-2H3,(H,14,15). The lowest BCUT2D eigenvalue weighted by Gasteiger charge is -2.08. The van der Waals surface area contributed by atoms with Gasteiger partial charge in [-0.3, -0.25) is 4.79 Å². The van der Waals surface area contributed by atoms with Gasteiger partial charge in [0.05, 0.1) is 0 Å². The summed E-state index contributed by atoms with van der Waals surface area (Å²) >= 11 is 1.08. The fourth-order valence-electron chi connectivity index (χ4n) is 1.38. The van der Waals surface area contributed by atoms with E-state index in [2.05, 4.69) is 0 Å². The van der Waals surface area contributed by atoms with Crippen LogP contribution in [-0.2, 0) is 0 Å². The maximum Gasteiger partial charge on any atom is 0.371 e. The molecule has 0 radical (unpaired) electrons. The van der Waals surface area contributed by atoms with Gasteiger partial charge in [0, 0.05) is 24.4 Å². The molecule has 0 fully saturated rings. The SMILES string of the molecule is CN(C)C(=O)Sc1ccc2oc(C(=O)O)cc2c1. The van der Waals surface area contributed by atoms with Crippen molar-refractivity contribution in [1.29, 1.82) is 0 Å². The molecule has 0 saturated carbocycles. The third-order valence-electron chi connectivity index (χ3n) is 2.27. The molecule has 0 spiro atoms. The third-order valence-corrected chi connectivity index (χ3v) is 3.30. The van der Waals surface area contributed by atoms with E-state index in [0.717, 1.165) is 16.7 Å². The topological polar surface area (TPSA) is 70.8 Å². The first kappa shape index (κ1) is 12.5. The molecule has 0 aliphatic rings. The first-order valence-corrected chi connectivity index (χ1v) is 5.95. The molecule has 2 rings (SSSR count). The summed E-state index contributed by atoms with van der Waals surface area (Å²) in [5, 5.41) is 9.40. The van der Waals surface area contributed by atoms with E-state index in [0.29, 0.717) is 11.0 Å². The van der Waals surface area contributed by atoms with Crippen LogP contribution in [0.25, 0.3) is 11.0 Å². The Morgan fingerprint density at radius 3 is 2.61 bits per heavy atom. The van der Waals surface area contributed by atoms with E-state index in [1.165, 1.54) is 11.0 Å². The molecular weight excluding hydrogens is 254 g/mol. The van der Waals surface area contributed by atoms with Gasteiger partial charge in [0.15, 0.2) is 0 Å². The van der Waals surface area contributed by atoms with Gasteiger partial charge in [-0.1, -0.05) is 0 Å². The number of amides is 1. The Hall–Kier alpha value is -1.95. The molecule has 0 bridgehead atoms. The van der Waals surface area contributed by atoms with Crippen molar-refractivity contribution >= 4 is 33.9 Å². The fraction of sp³-hybridized carbons (Fsp3) is 0.167. The van der Waals surface area contributed by atoms with Crippen LogP contribution in [0.4, 0.5) is 4.79 Å². The average Bonchev–Trinajstić information content (AvgIpc) is 2.71. The number of carboxylic acid groups (broad SMARTS) is 1. The Labute approximate surface area is 107 Å². The fourth-order valence-corrected chi connectivity index (χ4v) is 2.09. The van der Waals surface area contributed by atoms with E-state index in [9.17, 15) is 9.59 Å². The monoisotopic (exact) mass is 265 g/mol. The van der Waals surface area contributed by atoms with Gasteiger partial charge in [-0.15, -0.1) is 0 Å². The molecule has 2 aromatic rings. The van der Waals surface area contributed by atoms with Crippen molar-refractivity contribution in [3.63, 3.8) is 0 Å². The normalized spacial score (nSPS) is 10.6. The molecule has 0 saturated heterocycles. The van der Waals surface area contributed by atoms with E-state index >= 15 is 0 Å². The molecule has 0 aliphatic carbocycles. The molecule has 1 N–H and O–H groups in total. The number of aromatic carboxylic acids is 1. The van der Waals surface area contributed by atoms with Crippen molar-refractivity contribution < 1.29 is 19.1 Å². The Balaban J connectivity index is 2.32. The number of hydrogen-bond donors (Lipinski definition) is 1. The van der Waals surface area contributed by atoms with E-state index in [1.807, 2.05) is 0 Å². The van der Waals surface area contributed by atoms with Crippen LogP contribution >= 0.6 is 11.8 Å². The van der Waals surface area contributed by atoms with Crippen molar-refractivity contribution in [2.45, 2.75) is 4.90 Å². The van der Waals surface area contributed by atoms with Gasteiger partial charge < -0.3 is 14.4 Å². The lowest BCUT2D eigenvalue weighted by molar-refractivity contribution is 0.0665. The maximum absolute atomic E-state index is 11.5. The third kappa shape index (κ3) is 2.48. The number of carboxylic acids is 1. The second-order valence-electron chi connectivity index (χ2n) is 3.88. The van der Waals surface area contributed by atoms with Gasteiger partial charge in [-0.25, -0.2) is 4.79 Å². The van der Waals surface area contributed by atoms with Crippen molar-refractivity contribution in [2.24, 2.45) is 0 Å². The molecule has 94 valence electrons. The zero-order chi connectivity index (χ0) is 13.3. The Morgan fingerprint density at radius 2 is 2.00 bits per heavy atom. The second kappa shape index (κ2) is 4.73. The summed E-state index contributed by atoms with van der Waals surface area (Å²) < 4.78 is 5.13. The molecule has 1 aromatic heterocycles. The van der Waals surface area contributed by atoms with Gasteiger partial charge in [0.2, 0.25) is 5.76 Å². The molecule has 0 atom stereocenters. The first-order valence-electron chi connectivity index (χ1n) is 5.13. The van der Waals surface area contributed by atoms with Crippen LogP contribution in [-0.4, -0.2) is 35.3 Å². The van der Waals surface area contributed by atoms with Crippen LogP contribution in [0.2, 0.25) is 0 Å². The van der Waals surface area contributed by atoms with Crippen molar-refractivity contribution in [2.75, 3.05) is 14.1 Å². The van der Waals surface area contributed by atoms with Crippen LogP contribution in [0.15, 0.2) is 33.6 Å². The summed E-state index contributed by atoms with van der Waals surface area (Å²) in [5.41, 5.74) is 0.494. The minimum absolute atomic E-state index is 0.0868. The Kier molecular flexibility index (Phi) is 3.29. The summed E-state index contributed by atoms with van der Waals surface area (Å²) in [6, 6.07) is 6.57. The number of furan rings is 1. The summed E-state index contributed by atoms with van der Waals surface area (Å²) in [4.78, 5) is 24.5. The molecule has 0 unspecified atom stereocenters. The number of fused-ring (bicyclic) bond motifs is 1. The molecule has 5 nitrogen and oxygen atoms in total. The molecule has 0 aliphatic heterocycles. The highest BCUT2D eigenvalue weighted by molar-refractivity contribution is 8.13. The Bertz CT molecular complexity index is 618. The molecule has 1 heterocycles. The number of hydrogen-bond acceptors (Lipinski definition) is 4. The van der Waals surface area contributed by atoms with Crippen LogP contribution in [0.1, 0.15) is 10.6 Å². The van der Waals surface area contributed by atoms with Crippen LogP contribution in [0.5, 0.6) is 0 Å². The number of rotatable bonds is 2. The van der Waals surface area contributed by atoms with Gasteiger partial charge in [0.25, 0.3) is 5.24 Å². The molecule has 6 heteroatoms. The Morgan fingerprint density at radius 1 is 1.28 bits per heavy atom. The van der Waals surface area contributed by atoms with E-state index in [4.69, 9.17) is 9.52 Å². The molecule has 1 amide bonds. The summed E-state index contributed by atoms with van der Waals surface area (Å²) in [6.07, 6.45) is 0. The maximum atomic E-state index is 11.5. The predicted octanol–water partition coefficient (Wildman–Crippen LogP) is 2.90. The molecular formula is C12H11NO4S. The van der Waals surface area contributed by atoms with E-state index in [-0.39, 0.29) is 11.0 Å². The zero-order valence-corrected chi connectivity index (χ0v) is 10.7. The number of carbonyl (C=O) groups is 2. The number of nitrogens with zero attached hydrogens (tertiary/aromatic N) is 1. The van der Waals surface area contributed by atoms with Crippen LogP contribution in [0.3, 0.4) is 0 Å². The zero-order valence-electron chi connectivity index (χ0n) is 9.84. The van der Waals surface area contributed by atoms with Crippen molar-refractivity contribution in [1.82, 2.24) is 4.90 Å². The van der Waals surface area contributed by atoms with Gasteiger partial charge in [0.1, 0.15) is 5.58 Å².